The molecule has 28 heavy (non-hydrogen) atoms. The average Bonchev–Trinajstić information content (AvgIpc) is 3.34. The fourth-order valence-electron chi connectivity index (χ4n) is 2.82. The Morgan fingerprint density at radius 1 is 1.18 bits per heavy atom. The molecule has 1 amide bonds. The lowest BCUT2D eigenvalue weighted by molar-refractivity contribution is 0.0988. The third-order valence-electron chi connectivity index (χ3n) is 4.22. The monoisotopic (exact) mass is 473 g/mol. The number of thiazole rings is 1. The summed E-state index contributed by atoms with van der Waals surface area (Å²) in [5.74, 6) is 0.601. The molecule has 0 radical (unpaired) electrons. The van der Waals surface area contributed by atoms with Gasteiger partial charge in [-0.05, 0) is 58.7 Å². The number of carbonyl (C=O) groups is 1. The Bertz CT molecular complexity index is 1140. The molecule has 0 aliphatic carbocycles. The molecule has 0 spiro atoms. The standard InChI is InChI=1S/C20H16BrN3O2S2/c1-12-6-7-14(26-2)17-18(12)28-20(23-17)24(11-13-5-3-4-10-22-13)19(25)15-8-9-16(21)27-15/h3-10H,11H2,1-2H3. The molecule has 5 nitrogen and oxygen atoms in total. The topological polar surface area (TPSA) is 55.3 Å². The van der Waals surface area contributed by atoms with Crippen LogP contribution in [-0.2, 0) is 6.54 Å². The van der Waals surface area contributed by atoms with Crippen LogP contribution in [0.4, 0.5) is 5.13 Å². The summed E-state index contributed by atoms with van der Waals surface area (Å²) in [5, 5.41) is 0.628. The third-order valence-corrected chi connectivity index (χ3v) is 7.04. The van der Waals surface area contributed by atoms with Gasteiger partial charge in [0.05, 0.1) is 32.7 Å². The summed E-state index contributed by atoms with van der Waals surface area (Å²) in [6.45, 7) is 2.38. The second kappa shape index (κ2) is 7.98. The number of carbonyl (C=O) groups excluding carboxylic acids is 1. The first-order valence-corrected chi connectivity index (χ1v) is 10.9. The highest BCUT2D eigenvalue weighted by Crippen LogP contribution is 2.37. The molecule has 0 N–H and O–H groups in total. The van der Waals surface area contributed by atoms with E-state index in [0.717, 1.165) is 25.3 Å². The molecule has 0 unspecified atom stereocenters. The number of halogens is 1. The van der Waals surface area contributed by atoms with Crippen LogP contribution in [0.5, 0.6) is 5.75 Å². The number of benzene rings is 1. The van der Waals surface area contributed by atoms with E-state index in [9.17, 15) is 4.79 Å². The maximum absolute atomic E-state index is 13.3. The van der Waals surface area contributed by atoms with Crippen molar-refractivity contribution in [3.05, 3.63) is 68.6 Å². The van der Waals surface area contributed by atoms with Gasteiger partial charge in [0.2, 0.25) is 0 Å². The summed E-state index contributed by atoms with van der Waals surface area (Å²) in [4.78, 5) is 24.8. The number of methoxy groups -OCH3 is 1. The first-order chi connectivity index (χ1) is 13.6. The van der Waals surface area contributed by atoms with Gasteiger partial charge in [-0.2, -0.15) is 0 Å². The summed E-state index contributed by atoms with van der Waals surface area (Å²) < 4.78 is 7.39. The van der Waals surface area contributed by atoms with Gasteiger partial charge in [-0.3, -0.25) is 14.7 Å². The van der Waals surface area contributed by atoms with Gasteiger partial charge in [0, 0.05) is 6.20 Å². The van der Waals surface area contributed by atoms with Crippen LogP contribution in [-0.4, -0.2) is 23.0 Å². The van der Waals surface area contributed by atoms with Crippen LogP contribution in [0.1, 0.15) is 20.9 Å². The third kappa shape index (κ3) is 3.67. The van der Waals surface area contributed by atoms with Gasteiger partial charge in [0.25, 0.3) is 5.91 Å². The highest BCUT2D eigenvalue weighted by Gasteiger charge is 2.24. The summed E-state index contributed by atoms with van der Waals surface area (Å²) in [6.07, 6.45) is 1.73. The van der Waals surface area contributed by atoms with Gasteiger partial charge < -0.3 is 4.74 Å². The summed E-state index contributed by atoms with van der Waals surface area (Å²) >= 11 is 6.33. The number of hydrogen-bond donors (Lipinski definition) is 0. The van der Waals surface area contributed by atoms with E-state index in [1.165, 1.54) is 22.7 Å². The number of amides is 1. The summed E-state index contributed by atoms with van der Waals surface area (Å²) in [6, 6.07) is 13.3. The lowest BCUT2D eigenvalue weighted by atomic mass is 10.2. The molecule has 3 heterocycles. The lowest BCUT2D eigenvalue weighted by Crippen LogP contribution is -2.30. The smallest absolute Gasteiger partial charge is 0.270 e. The molecule has 3 aromatic heterocycles. The van der Waals surface area contributed by atoms with Crippen LogP contribution in [0.25, 0.3) is 10.2 Å². The molecular formula is C20H16BrN3O2S2. The highest BCUT2D eigenvalue weighted by atomic mass is 79.9. The van der Waals surface area contributed by atoms with Gasteiger partial charge >= 0.3 is 0 Å². The number of fused-ring (bicyclic) bond motifs is 1. The minimum absolute atomic E-state index is 0.1000. The summed E-state index contributed by atoms with van der Waals surface area (Å²) in [5.41, 5.74) is 2.67. The molecule has 1 aromatic carbocycles. The number of aromatic nitrogens is 2. The first kappa shape index (κ1) is 19.0. The Morgan fingerprint density at radius 3 is 2.71 bits per heavy atom. The van der Waals surface area contributed by atoms with Crippen molar-refractivity contribution in [2.75, 3.05) is 12.0 Å². The number of thiophene rings is 1. The van der Waals surface area contributed by atoms with E-state index < -0.39 is 0 Å². The number of ether oxygens (including phenoxy) is 1. The molecule has 0 aliphatic rings. The van der Waals surface area contributed by atoms with Crippen molar-refractivity contribution in [1.82, 2.24) is 9.97 Å². The van der Waals surface area contributed by atoms with Crippen molar-refractivity contribution in [2.24, 2.45) is 0 Å². The Morgan fingerprint density at radius 2 is 2.04 bits per heavy atom. The largest absolute Gasteiger partial charge is 0.494 e. The molecule has 4 aromatic rings. The minimum atomic E-state index is -0.1000. The molecule has 0 aliphatic heterocycles. The fraction of sp³-hybridized carbons (Fsp3) is 0.150. The van der Waals surface area contributed by atoms with Gasteiger partial charge in [0.1, 0.15) is 11.3 Å². The molecular weight excluding hydrogens is 458 g/mol. The van der Waals surface area contributed by atoms with E-state index in [1.807, 2.05) is 49.4 Å². The normalized spacial score (nSPS) is 11.0. The first-order valence-electron chi connectivity index (χ1n) is 8.48. The number of pyridine rings is 1. The number of nitrogens with zero attached hydrogens (tertiary/aromatic N) is 3. The number of hydrogen-bond acceptors (Lipinski definition) is 6. The Kier molecular flexibility index (Phi) is 5.43. The number of aryl methyl sites for hydroxylation is 1. The van der Waals surface area contributed by atoms with Crippen LogP contribution < -0.4 is 9.64 Å². The maximum Gasteiger partial charge on any atom is 0.270 e. The Labute approximate surface area is 178 Å². The van der Waals surface area contributed by atoms with Crippen molar-refractivity contribution < 1.29 is 9.53 Å². The van der Waals surface area contributed by atoms with E-state index in [4.69, 9.17) is 9.72 Å². The highest BCUT2D eigenvalue weighted by molar-refractivity contribution is 9.11. The fourth-order valence-corrected chi connectivity index (χ4v) is 5.20. The second-order valence-electron chi connectivity index (χ2n) is 6.08. The van der Waals surface area contributed by atoms with Gasteiger partial charge in [-0.1, -0.05) is 23.5 Å². The van der Waals surface area contributed by atoms with Crippen LogP contribution in [0.15, 0.2) is 52.4 Å². The molecule has 4 rings (SSSR count). The van der Waals surface area contributed by atoms with Gasteiger partial charge in [-0.25, -0.2) is 4.98 Å². The lowest BCUT2D eigenvalue weighted by Gasteiger charge is -2.18. The Balaban J connectivity index is 1.82. The number of anilines is 1. The molecule has 0 bridgehead atoms. The molecule has 142 valence electrons. The van der Waals surface area contributed by atoms with Gasteiger partial charge in [0.15, 0.2) is 5.13 Å². The van der Waals surface area contributed by atoms with Crippen LogP contribution in [0.2, 0.25) is 0 Å². The molecule has 0 fully saturated rings. The molecule has 8 heteroatoms. The van der Waals surface area contributed by atoms with Gasteiger partial charge in [-0.15, -0.1) is 11.3 Å². The van der Waals surface area contributed by atoms with Crippen LogP contribution in [0.3, 0.4) is 0 Å². The summed E-state index contributed by atoms with van der Waals surface area (Å²) in [7, 11) is 1.63. The van der Waals surface area contributed by atoms with E-state index >= 15 is 0 Å². The van der Waals surface area contributed by atoms with E-state index in [0.29, 0.717) is 22.3 Å². The van der Waals surface area contributed by atoms with Crippen molar-refractivity contribution in [3.8, 4) is 5.75 Å². The quantitative estimate of drug-likeness (QED) is 0.374. The molecule has 0 saturated heterocycles. The van der Waals surface area contributed by atoms with Crippen LogP contribution in [0, 0.1) is 6.92 Å². The Hall–Kier alpha value is -2.29. The predicted molar refractivity (Wildman–Crippen MR) is 118 cm³/mol. The maximum atomic E-state index is 13.3. The zero-order chi connectivity index (χ0) is 19.7. The minimum Gasteiger partial charge on any atom is -0.494 e. The zero-order valence-electron chi connectivity index (χ0n) is 15.2. The van der Waals surface area contributed by atoms with Crippen molar-refractivity contribution >= 4 is 59.9 Å². The SMILES string of the molecule is COc1ccc(C)c2sc(N(Cc3ccccn3)C(=O)c3ccc(Br)s3)nc12. The molecule has 0 saturated carbocycles. The molecule has 0 atom stereocenters. The van der Waals surface area contributed by atoms with Crippen molar-refractivity contribution in [3.63, 3.8) is 0 Å². The van der Waals surface area contributed by atoms with E-state index in [1.54, 1.807) is 18.2 Å². The second-order valence-corrected chi connectivity index (χ2v) is 9.52. The van der Waals surface area contributed by atoms with E-state index in [2.05, 4.69) is 20.9 Å². The van der Waals surface area contributed by atoms with Crippen molar-refractivity contribution in [2.45, 2.75) is 13.5 Å². The number of rotatable bonds is 5. The van der Waals surface area contributed by atoms with E-state index in [-0.39, 0.29) is 5.91 Å². The zero-order valence-corrected chi connectivity index (χ0v) is 18.4. The van der Waals surface area contributed by atoms with Crippen molar-refractivity contribution in [1.29, 1.82) is 0 Å². The van der Waals surface area contributed by atoms with Crippen LogP contribution >= 0.6 is 38.6 Å². The predicted octanol–water partition coefficient (Wildman–Crippen LogP) is 5.68. The average molecular weight is 474 g/mol.